The maximum Gasteiger partial charge on any atom is 0.120 e. The lowest BCUT2D eigenvalue weighted by Crippen LogP contribution is -2.27. The van der Waals surface area contributed by atoms with Crippen LogP contribution in [0.5, 0.6) is 5.75 Å². The number of ether oxygens (including phenoxy) is 1. The number of benzene rings is 1. The quantitative estimate of drug-likeness (QED) is 0.855. The van der Waals surface area contributed by atoms with Gasteiger partial charge in [-0.2, -0.15) is 0 Å². The molecule has 0 aliphatic heterocycles. The molecule has 1 N–H and O–H groups in total. The minimum Gasteiger partial charge on any atom is -0.497 e. The van der Waals surface area contributed by atoms with E-state index in [1.54, 1.807) is 7.11 Å². The summed E-state index contributed by atoms with van der Waals surface area (Å²) in [4.78, 5) is 1.37. The third-order valence-corrected chi connectivity index (χ3v) is 5.79. The average molecular weight is 286 g/mol. The number of terminal acetylenes is 1. The van der Waals surface area contributed by atoms with Crippen molar-refractivity contribution in [3.8, 4) is 18.1 Å². The molecule has 0 saturated heterocycles. The van der Waals surface area contributed by atoms with Crippen LogP contribution < -0.4 is 4.74 Å². The van der Waals surface area contributed by atoms with E-state index in [4.69, 9.17) is 11.2 Å². The first kappa shape index (κ1) is 13.5. The van der Waals surface area contributed by atoms with Crippen LogP contribution in [0.25, 0.3) is 10.1 Å². The molecule has 0 amide bonds. The van der Waals surface area contributed by atoms with E-state index >= 15 is 0 Å². The van der Waals surface area contributed by atoms with Crippen molar-refractivity contribution in [1.29, 1.82) is 0 Å². The lowest BCUT2D eigenvalue weighted by Gasteiger charge is -2.30. The highest BCUT2D eigenvalue weighted by Gasteiger charge is 2.33. The largest absolute Gasteiger partial charge is 0.497 e. The summed E-state index contributed by atoms with van der Waals surface area (Å²) in [5.74, 6) is 3.86. The van der Waals surface area contributed by atoms with Crippen molar-refractivity contribution in [2.24, 2.45) is 5.92 Å². The number of hydrogen-bond acceptors (Lipinski definition) is 3. The van der Waals surface area contributed by atoms with Gasteiger partial charge in [0.2, 0.25) is 0 Å². The Morgan fingerprint density at radius 2 is 2.30 bits per heavy atom. The molecule has 1 heterocycles. The molecule has 1 aromatic carbocycles. The normalized spacial score (nSPS) is 23.1. The van der Waals surface area contributed by atoms with Crippen molar-refractivity contribution < 1.29 is 9.84 Å². The Morgan fingerprint density at radius 1 is 1.50 bits per heavy atom. The smallest absolute Gasteiger partial charge is 0.120 e. The minimum atomic E-state index is -0.641. The van der Waals surface area contributed by atoms with Crippen LogP contribution in [-0.4, -0.2) is 18.3 Å². The highest BCUT2D eigenvalue weighted by molar-refractivity contribution is 7.19. The van der Waals surface area contributed by atoms with E-state index in [1.165, 1.54) is 20.5 Å². The summed E-state index contributed by atoms with van der Waals surface area (Å²) < 4.78 is 6.56. The zero-order valence-corrected chi connectivity index (χ0v) is 12.5. The summed E-state index contributed by atoms with van der Waals surface area (Å²) in [6, 6.07) is 6.26. The van der Waals surface area contributed by atoms with Crippen LogP contribution in [0.4, 0.5) is 0 Å². The molecule has 0 radical (unpaired) electrons. The number of rotatable bonds is 2. The highest BCUT2D eigenvalue weighted by Crippen LogP contribution is 2.46. The number of aryl methyl sites for hydroxylation is 1. The maximum atomic E-state index is 9.98. The average Bonchev–Trinajstić information content (AvgIpc) is 2.85. The molecule has 1 aliphatic rings. The Labute approximate surface area is 123 Å². The van der Waals surface area contributed by atoms with Gasteiger partial charge in [0, 0.05) is 15.5 Å². The highest BCUT2D eigenvalue weighted by atomic mass is 32.1. The molecule has 0 fully saturated rings. The van der Waals surface area contributed by atoms with E-state index in [9.17, 15) is 5.11 Å². The molecule has 0 unspecified atom stereocenters. The predicted octanol–water partition coefficient (Wildman–Crippen LogP) is 3.57. The number of methoxy groups -OCH3 is 1. The second-order valence-corrected chi connectivity index (χ2v) is 6.49. The van der Waals surface area contributed by atoms with Crippen LogP contribution >= 0.6 is 11.3 Å². The Hall–Kier alpha value is -1.50. The first-order valence-electron chi connectivity index (χ1n) is 6.89. The SMILES string of the molecule is C#C[C@H](O)[C@@H]1CCc2c(sc3cc(OC)ccc23)[C@@H]1C. The molecule has 0 spiro atoms. The molecule has 3 rings (SSSR count). The van der Waals surface area contributed by atoms with Crippen molar-refractivity contribution in [3.63, 3.8) is 0 Å². The molecule has 20 heavy (non-hydrogen) atoms. The van der Waals surface area contributed by atoms with Crippen LogP contribution in [0.15, 0.2) is 18.2 Å². The van der Waals surface area contributed by atoms with Gasteiger partial charge in [-0.1, -0.05) is 12.8 Å². The minimum absolute atomic E-state index is 0.169. The molecule has 2 aromatic rings. The Morgan fingerprint density at radius 3 is 3.00 bits per heavy atom. The van der Waals surface area contributed by atoms with Gasteiger partial charge in [-0.3, -0.25) is 0 Å². The molecule has 3 heteroatoms. The van der Waals surface area contributed by atoms with Gasteiger partial charge in [0.1, 0.15) is 11.9 Å². The maximum absolute atomic E-state index is 9.98. The van der Waals surface area contributed by atoms with Crippen molar-refractivity contribution in [3.05, 3.63) is 28.6 Å². The zero-order valence-electron chi connectivity index (χ0n) is 11.7. The molecule has 104 valence electrons. The second-order valence-electron chi connectivity index (χ2n) is 5.41. The number of thiophene rings is 1. The van der Waals surface area contributed by atoms with Crippen LogP contribution in [-0.2, 0) is 6.42 Å². The fourth-order valence-corrected chi connectivity index (χ4v) is 4.62. The molecule has 1 aromatic heterocycles. The van der Waals surface area contributed by atoms with E-state index in [0.29, 0.717) is 5.92 Å². The van der Waals surface area contributed by atoms with E-state index < -0.39 is 6.10 Å². The molecular formula is C17H18O2S. The Balaban J connectivity index is 2.07. The van der Waals surface area contributed by atoms with E-state index in [-0.39, 0.29) is 5.92 Å². The van der Waals surface area contributed by atoms with E-state index in [2.05, 4.69) is 25.0 Å². The summed E-state index contributed by atoms with van der Waals surface area (Å²) in [6.45, 7) is 2.18. The van der Waals surface area contributed by atoms with Crippen molar-refractivity contribution >= 4 is 21.4 Å². The van der Waals surface area contributed by atoms with Gasteiger partial charge in [-0.15, -0.1) is 17.8 Å². The van der Waals surface area contributed by atoms with Crippen molar-refractivity contribution in [1.82, 2.24) is 0 Å². The van der Waals surface area contributed by atoms with Gasteiger partial charge in [0.05, 0.1) is 7.11 Å². The van der Waals surface area contributed by atoms with Crippen LogP contribution in [0.3, 0.4) is 0 Å². The molecule has 0 bridgehead atoms. The number of fused-ring (bicyclic) bond motifs is 3. The third kappa shape index (κ3) is 2.00. The van der Waals surface area contributed by atoms with Gasteiger partial charge in [-0.25, -0.2) is 0 Å². The fourth-order valence-electron chi connectivity index (χ4n) is 3.21. The first-order chi connectivity index (χ1) is 9.65. The van der Waals surface area contributed by atoms with Gasteiger partial charge in [0.25, 0.3) is 0 Å². The monoisotopic (exact) mass is 286 g/mol. The number of aliphatic hydroxyl groups is 1. The van der Waals surface area contributed by atoms with Crippen molar-refractivity contribution in [2.45, 2.75) is 31.8 Å². The van der Waals surface area contributed by atoms with Gasteiger partial charge < -0.3 is 9.84 Å². The van der Waals surface area contributed by atoms with Crippen LogP contribution in [0, 0.1) is 18.3 Å². The first-order valence-corrected chi connectivity index (χ1v) is 7.71. The summed E-state index contributed by atoms with van der Waals surface area (Å²) in [6.07, 6.45) is 6.70. The molecule has 3 atom stereocenters. The molecular weight excluding hydrogens is 268 g/mol. The summed E-state index contributed by atoms with van der Waals surface area (Å²) in [5.41, 5.74) is 1.43. The third-order valence-electron chi connectivity index (χ3n) is 4.39. The van der Waals surface area contributed by atoms with E-state index in [0.717, 1.165) is 18.6 Å². The van der Waals surface area contributed by atoms with Crippen LogP contribution in [0.1, 0.15) is 29.7 Å². The Bertz CT molecular complexity index is 680. The number of aliphatic hydroxyl groups excluding tert-OH is 1. The zero-order chi connectivity index (χ0) is 14.3. The van der Waals surface area contributed by atoms with Crippen molar-refractivity contribution in [2.75, 3.05) is 7.11 Å². The standard InChI is InChI=1S/C17H18O2S/c1-4-15(18)12-7-8-14-13-6-5-11(19-3)9-16(13)20-17(14)10(12)2/h1,5-6,9-10,12,15,18H,7-8H2,2-3H3/t10-,12-,15+/m1/s1. The summed E-state index contributed by atoms with van der Waals surface area (Å²) in [5, 5.41) is 11.3. The van der Waals surface area contributed by atoms with E-state index in [1.807, 2.05) is 17.4 Å². The second kappa shape index (κ2) is 5.12. The lowest BCUT2D eigenvalue weighted by atomic mass is 9.77. The lowest BCUT2D eigenvalue weighted by molar-refractivity contribution is 0.136. The Kier molecular flexibility index (Phi) is 3.45. The molecule has 2 nitrogen and oxygen atoms in total. The summed E-state index contributed by atoms with van der Waals surface area (Å²) >= 11 is 1.81. The predicted molar refractivity (Wildman–Crippen MR) is 83.4 cm³/mol. The topological polar surface area (TPSA) is 29.5 Å². The fraction of sp³-hybridized carbons (Fsp3) is 0.412. The van der Waals surface area contributed by atoms with Gasteiger partial charge >= 0.3 is 0 Å². The van der Waals surface area contributed by atoms with Gasteiger partial charge in [-0.05, 0) is 47.9 Å². The number of hydrogen-bond donors (Lipinski definition) is 1. The van der Waals surface area contributed by atoms with Crippen LogP contribution in [0.2, 0.25) is 0 Å². The van der Waals surface area contributed by atoms with Gasteiger partial charge in [0.15, 0.2) is 0 Å². The summed E-state index contributed by atoms with van der Waals surface area (Å²) in [7, 11) is 1.69. The molecule has 0 saturated carbocycles. The molecule has 1 aliphatic carbocycles.